The van der Waals surface area contributed by atoms with Gasteiger partial charge in [-0.1, -0.05) is 43.4 Å². The first kappa shape index (κ1) is 25.1. The topological polar surface area (TPSA) is 78.9 Å². The van der Waals surface area contributed by atoms with E-state index in [1.165, 1.54) is 0 Å². The predicted molar refractivity (Wildman–Crippen MR) is 137 cm³/mol. The summed E-state index contributed by atoms with van der Waals surface area (Å²) in [6.07, 6.45) is 19.6. The standard InChI is InChI=1S/C31H40O6/c1-2-31(17-36-29(33)26-13-20-4-7-23(26)10-20,18-37-30(34)27-14-21-5-8-24(27)11-21)16-35-15-28(32)25-12-19-3-6-22(25)9-19/h3-8,19-27H,2,9-18H2,1H3. The van der Waals surface area contributed by atoms with Crippen LogP contribution in [0.3, 0.4) is 0 Å². The van der Waals surface area contributed by atoms with Crippen molar-refractivity contribution in [3.8, 4) is 0 Å². The molecule has 6 rings (SSSR count). The molecule has 0 aromatic heterocycles. The molecule has 0 N–H and O–H groups in total. The van der Waals surface area contributed by atoms with Crippen LogP contribution in [0.4, 0.5) is 0 Å². The molecule has 37 heavy (non-hydrogen) atoms. The summed E-state index contributed by atoms with van der Waals surface area (Å²) in [4.78, 5) is 38.9. The zero-order valence-electron chi connectivity index (χ0n) is 21.9. The number of hydrogen-bond donors (Lipinski definition) is 0. The summed E-state index contributed by atoms with van der Waals surface area (Å²) >= 11 is 0. The highest BCUT2D eigenvalue weighted by Gasteiger charge is 2.44. The number of carbonyl (C=O) groups excluding carboxylic acids is 3. The van der Waals surface area contributed by atoms with Crippen LogP contribution < -0.4 is 0 Å². The van der Waals surface area contributed by atoms with Gasteiger partial charge in [-0.05, 0) is 80.5 Å². The Kier molecular flexibility index (Phi) is 6.89. The molecule has 3 saturated carbocycles. The van der Waals surface area contributed by atoms with Gasteiger partial charge in [0.2, 0.25) is 0 Å². The van der Waals surface area contributed by atoms with Crippen molar-refractivity contribution in [2.24, 2.45) is 58.7 Å². The van der Waals surface area contributed by atoms with Crippen LogP contribution in [0.15, 0.2) is 36.5 Å². The predicted octanol–water partition coefficient (Wildman–Crippen LogP) is 4.69. The van der Waals surface area contributed by atoms with Gasteiger partial charge in [-0.25, -0.2) is 0 Å². The molecular weight excluding hydrogens is 468 g/mol. The van der Waals surface area contributed by atoms with E-state index in [4.69, 9.17) is 14.2 Å². The molecule has 9 unspecified atom stereocenters. The van der Waals surface area contributed by atoms with E-state index in [9.17, 15) is 14.4 Å². The average molecular weight is 509 g/mol. The summed E-state index contributed by atoms with van der Waals surface area (Å²) in [5.41, 5.74) is -0.666. The third kappa shape index (κ3) is 4.98. The van der Waals surface area contributed by atoms with Gasteiger partial charge in [-0.2, -0.15) is 0 Å². The Morgan fingerprint density at radius 3 is 1.49 bits per heavy atom. The Labute approximate surface area is 219 Å². The largest absolute Gasteiger partial charge is 0.465 e. The van der Waals surface area contributed by atoms with Crippen LogP contribution in [0.1, 0.15) is 51.9 Å². The van der Waals surface area contributed by atoms with Gasteiger partial charge in [0.15, 0.2) is 5.78 Å². The van der Waals surface area contributed by atoms with Gasteiger partial charge in [0.25, 0.3) is 0 Å². The van der Waals surface area contributed by atoms with Crippen LogP contribution in [-0.4, -0.2) is 44.1 Å². The molecule has 0 radical (unpaired) electrons. The minimum absolute atomic E-state index is 0.0540. The quantitative estimate of drug-likeness (QED) is 0.281. The molecule has 0 amide bonds. The van der Waals surface area contributed by atoms with Gasteiger partial charge in [0, 0.05) is 5.92 Å². The van der Waals surface area contributed by atoms with E-state index in [0.717, 1.165) is 38.5 Å². The van der Waals surface area contributed by atoms with Crippen LogP contribution in [0, 0.1) is 58.7 Å². The summed E-state index contributed by atoms with van der Waals surface area (Å²) < 4.78 is 17.8. The lowest BCUT2D eigenvalue weighted by atomic mass is 9.87. The smallest absolute Gasteiger partial charge is 0.309 e. The minimum Gasteiger partial charge on any atom is -0.465 e. The van der Waals surface area contributed by atoms with Gasteiger partial charge < -0.3 is 14.2 Å². The third-order valence-electron chi connectivity index (χ3n) is 10.3. The van der Waals surface area contributed by atoms with E-state index in [2.05, 4.69) is 36.5 Å². The first-order valence-corrected chi connectivity index (χ1v) is 14.4. The molecule has 0 aromatic rings. The fourth-order valence-electron chi connectivity index (χ4n) is 7.82. The number of esters is 2. The number of rotatable bonds is 12. The van der Waals surface area contributed by atoms with E-state index < -0.39 is 5.41 Å². The second-order valence-electron chi connectivity index (χ2n) is 12.7. The Morgan fingerprint density at radius 1 is 0.649 bits per heavy atom. The second kappa shape index (κ2) is 10.2. The summed E-state index contributed by atoms with van der Waals surface area (Å²) in [5, 5.41) is 0. The van der Waals surface area contributed by atoms with Crippen molar-refractivity contribution in [2.45, 2.75) is 51.9 Å². The molecule has 9 atom stereocenters. The van der Waals surface area contributed by atoms with E-state index in [-0.39, 0.29) is 73.7 Å². The molecule has 3 fully saturated rings. The second-order valence-corrected chi connectivity index (χ2v) is 12.7. The molecule has 0 heterocycles. The van der Waals surface area contributed by atoms with Crippen molar-refractivity contribution < 1.29 is 28.6 Å². The summed E-state index contributed by atoms with van der Waals surface area (Å²) in [6.45, 7) is 2.55. The maximum atomic E-state index is 13.0. The Morgan fingerprint density at radius 2 is 1.11 bits per heavy atom. The van der Waals surface area contributed by atoms with E-state index >= 15 is 0 Å². The Balaban J connectivity index is 1.07. The van der Waals surface area contributed by atoms with Crippen LogP contribution in [-0.2, 0) is 28.6 Å². The van der Waals surface area contributed by atoms with E-state index in [0.29, 0.717) is 30.1 Å². The van der Waals surface area contributed by atoms with Crippen molar-refractivity contribution in [3.05, 3.63) is 36.5 Å². The molecule has 0 aliphatic heterocycles. The van der Waals surface area contributed by atoms with Gasteiger partial charge in [-0.15, -0.1) is 0 Å². The van der Waals surface area contributed by atoms with Crippen molar-refractivity contribution in [3.63, 3.8) is 0 Å². The lowest BCUT2D eigenvalue weighted by Gasteiger charge is -2.33. The van der Waals surface area contributed by atoms with Crippen LogP contribution in [0.2, 0.25) is 0 Å². The highest BCUT2D eigenvalue weighted by molar-refractivity contribution is 5.83. The van der Waals surface area contributed by atoms with Crippen LogP contribution in [0.5, 0.6) is 0 Å². The number of fused-ring (bicyclic) bond motifs is 6. The van der Waals surface area contributed by atoms with Crippen molar-refractivity contribution in [1.82, 2.24) is 0 Å². The molecule has 6 nitrogen and oxygen atoms in total. The number of ether oxygens (including phenoxy) is 3. The maximum Gasteiger partial charge on any atom is 0.309 e. The lowest BCUT2D eigenvalue weighted by molar-refractivity contribution is -0.164. The first-order valence-electron chi connectivity index (χ1n) is 14.4. The summed E-state index contributed by atoms with van der Waals surface area (Å²) in [5.74, 6) is 2.14. The van der Waals surface area contributed by atoms with Crippen LogP contribution >= 0.6 is 0 Å². The van der Waals surface area contributed by atoms with Gasteiger partial charge >= 0.3 is 11.9 Å². The van der Waals surface area contributed by atoms with Gasteiger partial charge in [0.05, 0.1) is 23.9 Å². The maximum absolute atomic E-state index is 13.0. The van der Waals surface area contributed by atoms with Crippen molar-refractivity contribution in [1.29, 1.82) is 0 Å². The number of Topliss-reactive ketones (excluding diaryl/α,β-unsaturated/α-hetero) is 1. The third-order valence-corrected chi connectivity index (χ3v) is 10.3. The first-order chi connectivity index (χ1) is 17.9. The summed E-state index contributed by atoms with van der Waals surface area (Å²) in [6, 6.07) is 0. The highest BCUT2D eigenvalue weighted by atomic mass is 16.6. The molecule has 0 spiro atoms. The highest BCUT2D eigenvalue weighted by Crippen LogP contribution is 2.46. The number of ketones is 1. The fourth-order valence-corrected chi connectivity index (χ4v) is 7.82. The zero-order chi connectivity index (χ0) is 25.6. The van der Waals surface area contributed by atoms with Crippen molar-refractivity contribution in [2.75, 3.05) is 26.4 Å². The number of carbonyl (C=O) groups is 3. The monoisotopic (exact) mass is 508 g/mol. The van der Waals surface area contributed by atoms with Gasteiger partial charge in [-0.3, -0.25) is 14.4 Å². The molecule has 200 valence electrons. The Bertz CT molecular complexity index is 959. The summed E-state index contributed by atoms with van der Waals surface area (Å²) in [7, 11) is 0. The minimum atomic E-state index is -0.666. The molecular formula is C31H40O6. The fraction of sp³-hybridized carbons (Fsp3) is 0.710. The zero-order valence-corrected chi connectivity index (χ0v) is 21.9. The SMILES string of the molecule is CCC(COCC(=O)C1CC2C=CC1C2)(COC(=O)C1CC2C=CC1C2)COC(=O)C1CC2C=CC1C2. The van der Waals surface area contributed by atoms with E-state index in [1.54, 1.807) is 0 Å². The average Bonchev–Trinajstić information content (AvgIpc) is 3.77. The molecule has 6 heteroatoms. The normalized spacial score (nSPS) is 39.4. The number of allylic oxidation sites excluding steroid dienone is 6. The molecule has 6 aliphatic rings. The molecule has 6 bridgehead atoms. The Hall–Kier alpha value is -2.21. The molecule has 0 saturated heterocycles. The molecule has 6 aliphatic carbocycles. The van der Waals surface area contributed by atoms with Crippen LogP contribution in [0.25, 0.3) is 0 Å². The molecule has 0 aromatic carbocycles. The van der Waals surface area contributed by atoms with Crippen molar-refractivity contribution >= 4 is 17.7 Å². The lowest BCUT2D eigenvalue weighted by Crippen LogP contribution is -2.41. The van der Waals surface area contributed by atoms with Gasteiger partial charge in [0.1, 0.15) is 19.8 Å². The number of hydrogen-bond acceptors (Lipinski definition) is 6. The van der Waals surface area contributed by atoms with E-state index in [1.807, 2.05) is 6.92 Å².